The van der Waals surface area contributed by atoms with Crippen LogP contribution in [0.1, 0.15) is 33.1 Å². The molecule has 0 N–H and O–H groups in total. The Morgan fingerprint density at radius 2 is 2.06 bits per heavy atom. The molecule has 1 aliphatic heterocycles. The molecule has 0 unspecified atom stereocenters. The van der Waals surface area contributed by atoms with E-state index in [1.54, 1.807) is 0 Å². The first-order chi connectivity index (χ1) is 7.65. The molecule has 0 saturated carbocycles. The van der Waals surface area contributed by atoms with Gasteiger partial charge in [-0.3, -0.25) is 0 Å². The molecule has 1 heterocycles. The minimum Gasteiger partial charge on any atom is -0.325 e. The fraction of sp³-hybridized carbons (Fsp3) is 0.833. The molecule has 0 aromatic rings. The topological polar surface area (TPSA) is 47.3 Å². The van der Waals surface area contributed by atoms with Gasteiger partial charge in [-0.25, -0.2) is 4.79 Å². The van der Waals surface area contributed by atoms with E-state index >= 15 is 0 Å². The quantitative estimate of drug-likeness (QED) is 0.732. The van der Waals surface area contributed by atoms with Crippen LogP contribution in [0.25, 0.3) is 0 Å². The number of hydrogen-bond acceptors (Lipinski definition) is 2. The number of amides is 2. The van der Waals surface area contributed by atoms with Crippen LogP contribution < -0.4 is 0 Å². The van der Waals surface area contributed by atoms with E-state index in [1.807, 2.05) is 9.80 Å². The molecule has 0 spiro atoms. The van der Waals surface area contributed by atoms with Gasteiger partial charge in [0.05, 0.1) is 12.5 Å². The van der Waals surface area contributed by atoms with Crippen LogP contribution >= 0.6 is 0 Å². The minimum absolute atomic E-state index is 0.112. The largest absolute Gasteiger partial charge is 0.325 e. The lowest BCUT2D eigenvalue weighted by Crippen LogP contribution is -2.43. The van der Waals surface area contributed by atoms with Crippen LogP contribution in [0.3, 0.4) is 0 Å². The number of nitriles is 1. The highest BCUT2D eigenvalue weighted by Gasteiger charge is 2.23. The second-order valence-electron chi connectivity index (χ2n) is 4.72. The average Bonchev–Trinajstić information content (AvgIpc) is 2.76. The highest BCUT2D eigenvalue weighted by atomic mass is 16.2. The zero-order chi connectivity index (χ0) is 12.0. The van der Waals surface area contributed by atoms with Crippen LogP contribution in [0.15, 0.2) is 0 Å². The van der Waals surface area contributed by atoms with Crippen LogP contribution in [0, 0.1) is 17.2 Å². The van der Waals surface area contributed by atoms with Gasteiger partial charge in [0, 0.05) is 26.2 Å². The average molecular weight is 223 g/mol. The summed E-state index contributed by atoms with van der Waals surface area (Å²) in [7, 11) is 0. The van der Waals surface area contributed by atoms with Crippen molar-refractivity contribution in [3.8, 4) is 6.07 Å². The van der Waals surface area contributed by atoms with Crippen molar-refractivity contribution in [1.29, 1.82) is 5.26 Å². The Kier molecular flexibility index (Phi) is 5.10. The Morgan fingerprint density at radius 1 is 1.44 bits per heavy atom. The number of urea groups is 1. The predicted octanol–water partition coefficient (Wildman–Crippen LogP) is 2.07. The molecular formula is C12H21N3O. The van der Waals surface area contributed by atoms with E-state index in [9.17, 15) is 4.79 Å². The Balaban J connectivity index is 2.52. The van der Waals surface area contributed by atoms with E-state index in [0.717, 1.165) is 32.5 Å². The number of rotatable bonds is 4. The van der Waals surface area contributed by atoms with E-state index < -0.39 is 0 Å². The third-order valence-corrected chi connectivity index (χ3v) is 2.73. The fourth-order valence-electron chi connectivity index (χ4n) is 2.00. The van der Waals surface area contributed by atoms with E-state index in [2.05, 4.69) is 19.9 Å². The number of carbonyl (C=O) groups is 1. The summed E-state index contributed by atoms with van der Waals surface area (Å²) in [5.41, 5.74) is 0. The lowest BCUT2D eigenvalue weighted by atomic mass is 10.2. The van der Waals surface area contributed by atoms with Crippen molar-refractivity contribution < 1.29 is 4.79 Å². The van der Waals surface area contributed by atoms with Crippen LogP contribution in [0.5, 0.6) is 0 Å². The molecule has 1 saturated heterocycles. The second-order valence-corrected chi connectivity index (χ2v) is 4.72. The number of likely N-dealkylation sites (tertiary alicyclic amines) is 1. The summed E-state index contributed by atoms with van der Waals surface area (Å²) in [5, 5.41) is 8.59. The van der Waals surface area contributed by atoms with Gasteiger partial charge in [-0.1, -0.05) is 13.8 Å². The Bertz CT molecular complexity index is 264. The maximum Gasteiger partial charge on any atom is 0.320 e. The summed E-state index contributed by atoms with van der Waals surface area (Å²) < 4.78 is 0. The van der Waals surface area contributed by atoms with Crippen molar-refractivity contribution in [2.24, 2.45) is 5.92 Å². The molecule has 90 valence electrons. The third-order valence-electron chi connectivity index (χ3n) is 2.73. The lowest BCUT2D eigenvalue weighted by Gasteiger charge is -2.28. The predicted molar refractivity (Wildman–Crippen MR) is 62.8 cm³/mol. The van der Waals surface area contributed by atoms with Crippen LogP contribution in [0.4, 0.5) is 4.79 Å². The number of nitrogens with zero attached hydrogens (tertiary/aromatic N) is 3. The first-order valence-electron chi connectivity index (χ1n) is 6.06. The van der Waals surface area contributed by atoms with Crippen molar-refractivity contribution in [3.05, 3.63) is 0 Å². The molecule has 4 nitrogen and oxygen atoms in total. The third kappa shape index (κ3) is 3.73. The van der Waals surface area contributed by atoms with Crippen LogP contribution in [-0.2, 0) is 0 Å². The molecule has 1 rings (SSSR count). The Morgan fingerprint density at radius 3 is 2.56 bits per heavy atom. The SMILES string of the molecule is CC(C)CN(CCC#N)C(=O)N1CCCC1. The van der Waals surface area contributed by atoms with Crippen molar-refractivity contribution in [1.82, 2.24) is 9.80 Å². The first-order valence-corrected chi connectivity index (χ1v) is 6.06. The minimum atomic E-state index is 0.112. The van der Waals surface area contributed by atoms with E-state index in [-0.39, 0.29) is 6.03 Å². The van der Waals surface area contributed by atoms with Crippen molar-refractivity contribution >= 4 is 6.03 Å². The summed E-state index contributed by atoms with van der Waals surface area (Å²) in [5.74, 6) is 0.449. The zero-order valence-corrected chi connectivity index (χ0v) is 10.3. The van der Waals surface area contributed by atoms with E-state index in [4.69, 9.17) is 5.26 Å². The smallest absolute Gasteiger partial charge is 0.320 e. The van der Waals surface area contributed by atoms with Gasteiger partial charge in [-0.2, -0.15) is 5.26 Å². The summed E-state index contributed by atoms with van der Waals surface area (Å²) in [6.07, 6.45) is 2.64. The molecule has 1 aliphatic rings. The van der Waals surface area contributed by atoms with Crippen molar-refractivity contribution in [2.75, 3.05) is 26.2 Å². The molecule has 0 bridgehead atoms. The van der Waals surface area contributed by atoms with E-state index in [0.29, 0.717) is 18.9 Å². The molecule has 4 heteroatoms. The zero-order valence-electron chi connectivity index (χ0n) is 10.3. The second kappa shape index (κ2) is 6.37. The van der Waals surface area contributed by atoms with E-state index in [1.165, 1.54) is 0 Å². The van der Waals surface area contributed by atoms with Crippen LogP contribution in [0.2, 0.25) is 0 Å². The standard InChI is InChI=1S/C12H21N3O/c1-11(2)10-15(9-5-6-13)12(16)14-7-3-4-8-14/h11H,3-5,7-10H2,1-2H3. The highest BCUT2D eigenvalue weighted by molar-refractivity contribution is 5.74. The lowest BCUT2D eigenvalue weighted by molar-refractivity contribution is 0.157. The summed E-state index contributed by atoms with van der Waals surface area (Å²) in [6.45, 7) is 7.24. The molecule has 16 heavy (non-hydrogen) atoms. The Labute approximate surface area is 97.8 Å². The molecule has 0 radical (unpaired) electrons. The maximum atomic E-state index is 12.1. The Hall–Kier alpha value is -1.24. The normalized spacial score (nSPS) is 15.2. The van der Waals surface area contributed by atoms with Crippen molar-refractivity contribution in [3.63, 3.8) is 0 Å². The molecule has 1 fully saturated rings. The maximum absolute atomic E-state index is 12.1. The molecule has 0 atom stereocenters. The van der Waals surface area contributed by atoms with Gasteiger partial charge < -0.3 is 9.80 Å². The summed E-state index contributed by atoms with van der Waals surface area (Å²) >= 11 is 0. The summed E-state index contributed by atoms with van der Waals surface area (Å²) in [4.78, 5) is 15.9. The molecule has 0 aliphatic carbocycles. The van der Waals surface area contributed by atoms with Gasteiger partial charge in [0.15, 0.2) is 0 Å². The molecule has 0 aromatic carbocycles. The fourth-order valence-corrected chi connectivity index (χ4v) is 2.00. The first kappa shape index (κ1) is 12.8. The highest BCUT2D eigenvalue weighted by Crippen LogP contribution is 2.12. The molecule has 0 aromatic heterocycles. The monoisotopic (exact) mass is 223 g/mol. The van der Waals surface area contributed by atoms with Crippen LogP contribution in [-0.4, -0.2) is 42.0 Å². The number of carbonyl (C=O) groups excluding carboxylic acids is 1. The number of hydrogen-bond donors (Lipinski definition) is 0. The van der Waals surface area contributed by atoms with Gasteiger partial charge in [-0.05, 0) is 18.8 Å². The summed E-state index contributed by atoms with van der Waals surface area (Å²) in [6, 6.07) is 2.22. The molecular weight excluding hydrogens is 202 g/mol. The van der Waals surface area contributed by atoms with Gasteiger partial charge in [-0.15, -0.1) is 0 Å². The van der Waals surface area contributed by atoms with Gasteiger partial charge >= 0.3 is 6.03 Å². The van der Waals surface area contributed by atoms with Gasteiger partial charge in [0.2, 0.25) is 0 Å². The van der Waals surface area contributed by atoms with Gasteiger partial charge in [0.1, 0.15) is 0 Å². The van der Waals surface area contributed by atoms with Gasteiger partial charge in [0.25, 0.3) is 0 Å². The molecule has 2 amide bonds. The van der Waals surface area contributed by atoms with Crippen molar-refractivity contribution in [2.45, 2.75) is 33.1 Å².